The van der Waals surface area contributed by atoms with Crippen LogP contribution in [-0.4, -0.2) is 29.9 Å². The van der Waals surface area contributed by atoms with Crippen molar-refractivity contribution in [2.45, 2.75) is 74.8 Å². The minimum absolute atomic E-state index is 0.594. The second-order valence-electron chi connectivity index (χ2n) is 4.58. The summed E-state index contributed by atoms with van der Waals surface area (Å²) < 4.78 is 0. The van der Waals surface area contributed by atoms with Crippen molar-refractivity contribution in [3.05, 3.63) is 0 Å². The zero-order chi connectivity index (χ0) is 12.7. The van der Waals surface area contributed by atoms with E-state index in [0.29, 0.717) is 29.9 Å². The number of hydrogen-bond acceptors (Lipinski definition) is 0. The minimum atomic E-state index is 0.594. The summed E-state index contributed by atoms with van der Waals surface area (Å²) >= 11 is 1.19. The van der Waals surface area contributed by atoms with Gasteiger partial charge in [-0.2, -0.15) is 0 Å². The molecule has 0 atom stereocenters. The number of rotatable bonds is 0. The predicted molar refractivity (Wildman–Crippen MR) is 82.8 cm³/mol. The monoisotopic (exact) mass is 376 g/mol. The van der Waals surface area contributed by atoms with E-state index >= 15 is 0 Å². The molecule has 0 saturated carbocycles. The third-order valence-corrected chi connectivity index (χ3v) is 6.16. The van der Waals surface area contributed by atoms with Crippen LogP contribution in [0.2, 0.25) is 10.6 Å². The zero-order valence-electron chi connectivity index (χ0n) is 11.3. The first-order valence-corrected chi connectivity index (χ1v) is 11.3. The van der Waals surface area contributed by atoms with Crippen LogP contribution in [-0.2, 0) is 0 Å². The Kier molecular flexibility index (Phi) is 12.2. The first-order chi connectivity index (χ1) is 9.00. The summed E-state index contributed by atoms with van der Waals surface area (Å²) in [4.78, 5) is 6.77. The van der Waals surface area contributed by atoms with Gasteiger partial charge in [0.25, 0.3) is 0 Å². The van der Waals surface area contributed by atoms with E-state index < -0.39 is 0 Å². The van der Waals surface area contributed by atoms with Crippen LogP contribution in [0.15, 0.2) is 0 Å². The Bertz CT molecular complexity index is 245. The quantitative estimate of drug-likeness (QED) is 0.443. The Balaban J connectivity index is 2.16. The molecular formula is C16H24Se2. The van der Waals surface area contributed by atoms with Gasteiger partial charge in [-0.1, -0.05) is 0 Å². The van der Waals surface area contributed by atoms with E-state index in [9.17, 15) is 0 Å². The first kappa shape index (κ1) is 16.2. The second kappa shape index (κ2) is 13.6. The molecule has 0 nitrogen and oxygen atoms in total. The molecule has 1 aliphatic rings. The number of hydrogen-bond donors (Lipinski definition) is 0. The Morgan fingerprint density at radius 2 is 0.944 bits per heavy atom. The van der Waals surface area contributed by atoms with Crippen molar-refractivity contribution in [2.75, 3.05) is 0 Å². The van der Waals surface area contributed by atoms with Gasteiger partial charge in [0.05, 0.1) is 0 Å². The van der Waals surface area contributed by atoms with Crippen molar-refractivity contribution in [2.24, 2.45) is 0 Å². The molecule has 0 aromatic carbocycles. The van der Waals surface area contributed by atoms with Crippen LogP contribution >= 0.6 is 0 Å². The molecule has 0 radical (unpaired) electrons. The maximum atomic E-state index is 3.38. The van der Waals surface area contributed by atoms with Gasteiger partial charge in [0.15, 0.2) is 0 Å². The Hall–Kier alpha value is 0.159. The molecule has 1 aliphatic heterocycles. The molecule has 2 heteroatoms. The Labute approximate surface area is 126 Å². The molecule has 0 N–H and O–H groups in total. The summed E-state index contributed by atoms with van der Waals surface area (Å²) in [6, 6.07) is 0. The van der Waals surface area contributed by atoms with Gasteiger partial charge in [-0.25, -0.2) is 0 Å². The summed E-state index contributed by atoms with van der Waals surface area (Å²) in [6.45, 7) is 0. The summed E-state index contributed by atoms with van der Waals surface area (Å²) in [5, 5.41) is 2.72. The van der Waals surface area contributed by atoms with Crippen LogP contribution in [0.5, 0.6) is 0 Å². The van der Waals surface area contributed by atoms with Gasteiger partial charge in [-0.15, -0.1) is 0 Å². The van der Waals surface area contributed by atoms with Crippen LogP contribution < -0.4 is 0 Å². The fourth-order valence-corrected chi connectivity index (χ4v) is 4.54. The maximum absolute atomic E-state index is 3.38. The molecule has 100 valence electrons. The van der Waals surface area contributed by atoms with Gasteiger partial charge in [-0.3, -0.25) is 0 Å². The summed E-state index contributed by atoms with van der Waals surface area (Å²) in [6.07, 6.45) is 13.1. The van der Waals surface area contributed by atoms with Crippen LogP contribution in [0.1, 0.15) is 64.2 Å². The van der Waals surface area contributed by atoms with Gasteiger partial charge < -0.3 is 0 Å². The molecule has 0 aromatic heterocycles. The summed E-state index contributed by atoms with van der Waals surface area (Å²) in [5.74, 6) is 6.70. The average molecular weight is 374 g/mol. The van der Waals surface area contributed by atoms with Crippen molar-refractivity contribution in [3.8, 4) is 21.5 Å². The van der Waals surface area contributed by atoms with Crippen molar-refractivity contribution < 1.29 is 0 Å². The molecule has 0 amide bonds. The standard InChI is InChI=1S/C16H24Se2/c1-2-4-6-9-13-17-15-11-8-12-16-18-14-10-7-5-3-1/h1-8,11-12,15-16H2. The van der Waals surface area contributed by atoms with Crippen molar-refractivity contribution >= 4 is 29.9 Å². The topological polar surface area (TPSA) is 0 Å². The molecule has 0 unspecified atom stereocenters. The first-order valence-electron chi connectivity index (χ1n) is 7.19. The van der Waals surface area contributed by atoms with Crippen LogP contribution in [0.3, 0.4) is 0 Å². The second-order valence-corrected chi connectivity index (χ2v) is 8.36. The molecular weight excluding hydrogens is 350 g/mol. The molecule has 0 spiro atoms. The Morgan fingerprint density at radius 1 is 0.500 bits per heavy atom. The van der Waals surface area contributed by atoms with E-state index in [4.69, 9.17) is 0 Å². The van der Waals surface area contributed by atoms with Crippen LogP contribution in [0.25, 0.3) is 0 Å². The summed E-state index contributed by atoms with van der Waals surface area (Å²) in [5.41, 5.74) is 0. The molecule has 0 aromatic rings. The van der Waals surface area contributed by atoms with Gasteiger partial charge in [0.2, 0.25) is 0 Å². The summed E-state index contributed by atoms with van der Waals surface area (Å²) in [7, 11) is 0. The van der Waals surface area contributed by atoms with E-state index in [1.165, 1.54) is 62.0 Å². The fourth-order valence-electron chi connectivity index (χ4n) is 1.79. The van der Waals surface area contributed by atoms with Crippen LogP contribution in [0.4, 0.5) is 0 Å². The van der Waals surface area contributed by atoms with E-state index in [1.54, 1.807) is 0 Å². The van der Waals surface area contributed by atoms with Crippen LogP contribution in [0, 0.1) is 21.5 Å². The molecule has 1 heterocycles. The van der Waals surface area contributed by atoms with E-state index in [1.807, 2.05) is 0 Å². The molecule has 0 saturated heterocycles. The van der Waals surface area contributed by atoms with E-state index in [-0.39, 0.29) is 0 Å². The molecule has 18 heavy (non-hydrogen) atoms. The molecule has 1 rings (SSSR count). The Morgan fingerprint density at radius 3 is 1.50 bits per heavy atom. The third-order valence-electron chi connectivity index (χ3n) is 2.89. The van der Waals surface area contributed by atoms with Crippen molar-refractivity contribution in [3.63, 3.8) is 0 Å². The van der Waals surface area contributed by atoms with Gasteiger partial charge in [-0.05, 0) is 0 Å². The SMILES string of the molecule is C1#C[Se]CCCCC[Se]C#CCCCCCCC1. The fraction of sp³-hybridized carbons (Fsp3) is 0.750. The van der Waals surface area contributed by atoms with Gasteiger partial charge in [0.1, 0.15) is 0 Å². The van der Waals surface area contributed by atoms with Crippen molar-refractivity contribution in [1.82, 2.24) is 0 Å². The normalized spacial score (nSPS) is 20.4. The van der Waals surface area contributed by atoms with E-state index in [0.717, 1.165) is 12.8 Å². The van der Waals surface area contributed by atoms with E-state index in [2.05, 4.69) is 21.5 Å². The predicted octanol–water partition coefficient (Wildman–Crippen LogP) is 4.07. The third kappa shape index (κ3) is 11.3. The molecule has 0 aliphatic carbocycles. The van der Waals surface area contributed by atoms with Gasteiger partial charge >= 0.3 is 126 Å². The molecule has 0 fully saturated rings. The van der Waals surface area contributed by atoms with Gasteiger partial charge in [0, 0.05) is 0 Å². The molecule has 0 bridgehead atoms. The zero-order valence-corrected chi connectivity index (χ0v) is 14.7. The average Bonchev–Trinajstić information content (AvgIpc) is 2.39. The van der Waals surface area contributed by atoms with Crippen molar-refractivity contribution in [1.29, 1.82) is 0 Å².